The summed E-state index contributed by atoms with van der Waals surface area (Å²) in [6.45, 7) is 9.14. The highest BCUT2D eigenvalue weighted by Gasteiger charge is 2.19. The molecule has 0 atom stereocenters. The van der Waals surface area contributed by atoms with Crippen molar-refractivity contribution in [1.82, 2.24) is 0 Å². The minimum atomic E-state index is -0.499. The van der Waals surface area contributed by atoms with Crippen LogP contribution in [0.3, 0.4) is 0 Å². The van der Waals surface area contributed by atoms with Crippen molar-refractivity contribution in [3.8, 4) is 11.5 Å². The fourth-order valence-electron chi connectivity index (χ4n) is 3.34. The first-order valence-electron chi connectivity index (χ1n) is 10.6. The SMILES string of the molecule is C=N/C=C\C(=C/C)C1=C(C)CCC(C(=O)Nc2ccc(Oc3ccccc3)c(F)c2C)=CS1. The fraction of sp³-hybridized carbons (Fsp3) is 0.185. The average molecular weight is 463 g/mol. The third-order valence-corrected chi connectivity index (χ3v) is 6.49. The van der Waals surface area contributed by atoms with E-state index in [0.29, 0.717) is 29.0 Å². The molecule has 2 aromatic carbocycles. The van der Waals surface area contributed by atoms with Gasteiger partial charge in [0.1, 0.15) is 5.75 Å². The number of halogens is 1. The molecule has 4 nitrogen and oxygen atoms in total. The van der Waals surface area contributed by atoms with Gasteiger partial charge in [0.2, 0.25) is 0 Å². The molecule has 1 heterocycles. The van der Waals surface area contributed by atoms with Crippen LogP contribution >= 0.6 is 11.8 Å². The van der Waals surface area contributed by atoms with E-state index in [1.54, 1.807) is 31.3 Å². The Morgan fingerprint density at radius 2 is 1.94 bits per heavy atom. The molecule has 0 unspecified atom stereocenters. The van der Waals surface area contributed by atoms with Crippen LogP contribution in [0, 0.1) is 12.7 Å². The number of hydrogen-bond acceptors (Lipinski definition) is 4. The summed E-state index contributed by atoms with van der Waals surface area (Å²) in [5.41, 5.74) is 3.64. The highest BCUT2D eigenvalue weighted by Crippen LogP contribution is 2.37. The predicted octanol–water partition coefficient (Wildman–Crippen LogP) is 7.71. The minimum absolute atomic E-state index is 0.117. The third kappa shape index (κ3) is 6.11. The van der Waals surface area contributed by atoms with Gasteiger partial charge in [0.25, 0.3) is 5.91 Å². The van der Waals surface area contributed by atoms with Crippen molar-refractivity contribution in [3.63, 3.8) is 0 Å². The van der Waals surface area contributed by atoms with Crippen molar-refractivity contribution in [3.05, 3.63) is 99.2 Å². The Balaban J connectivity index is 1.74. The number of hydrogen-bond donors (Lipinski definition) is 1. The smallest absolute Gasteiger partial charge is 0.252 e. The zero-order valence-electron chi connectivity index (χ0n) is 19.0. The number of aliphatic imine (C=N–C) groups is 1. The van der Waals surface area contributed by atoms with Crippen LogP contribution < -0.4 is 10.1 Å². The summed E-state index contributed by atoms with van der Waals surface area (Å²) in [5, 5.41) is 4.73. The number of ether oxygens (including phenoxy) is 1. The molecule has 0 radical (unpaired) electrons. The van der Waals surface area contributed by atoms with Crippen molar-refractivity contribution in [2.24, 2.45) is 4.99 Å². The molecule has 1 aliphatic rings. The molecule has 1 N–H and O–H groups in total. The molecule has 0 aromatic heterocycles. The Morgan fingerprint density at radius 1 is 1.18 bits per heavy atom. The summed E-state index contributed by atoms with van der Waals surface area (Å²) in [5.74, 6) is -0.0698. The van der Waals surface area contributed by atoms with Crippen LogP contribution in [0.25, 0.3) is 0 Å². The van der Waals surface area contributed by atoms with E-state index in [2.05, 4.69) is 24.0 Å². The number of amides is 1. The van der Waals surface area contributed by atoms with E-state index >= 15 is 0 Å². The summed E-state index contributed by atoms with van der Waals surface area (Å²) in [4.78, 5) is 17.8. The molecule has 6 heteroatoms. The summed E-state index contributed by atoms with van der Waals surface area (Å²) in [7, 11) is 0. The number of nitrogens with zero attached hydrogens (tertiary/aromatic N) is 1. The van der Waals surface area contributed by atoms with Gasteiger partial charge in [-0.15, -0.1) is 0 Å². The van der Waals surface area contributed by atoms with E-state index in [1.165, 1.54) is 23.4 Å². The average Bonchev–Trinajstić information content (AvgIpc) is 3.02. The fourth-order valence-corrected chi connectivity index (χ4v) is 4.45. The first-order valence-corrected chi connectivity index (χ1v) is 11.5. The standard InChI is InChI=1S/C27H27FN2O2S/c1-5-20(15-16-29-4)26-18(2)11-12-21(17-33-26)27(31)30-23-13-14-24(25(28)19(23)3)32-22-9-7-6-8-10-22/h5-10,13-17H,4,11-12H2,1-3H3,(H,30,31)/b16-15-,20-5+. The van der Waals surface area contributed by atoms with E-state index in [-0.39, 0.29) is 11.7 Å². The maximum absolute atomic E-state index is 14.9. The van der Waals surface area contributed by atoms with E-state index < -0.39 is 5.82 Å². The van der Waals surface area contributed by atoms with Gasteiger partial charge in [-0.05, 0) is 81.7 Å². The number of benzene rings is 2. The van der Waals surface area contributed by atoms with Crippen LogP contribution in [0.2, 0.25) is 0 Å². The number of carbonyl (C=O) groups excluding carboxylic acids is 1. The summed E-state index contributed by atoms with van der Waals surface area (Å²) >= 11 is 1.51. The summed E-state index contributed by atoms with van der Waals surface area (Å²) in [6.07, 6.45) is 6.93. The van der Waals surface area contributed by atoms with Gasteiger partial charge < -0.3 is 10.1 Å². The lowest BCUT2D eigenvalue weighted by Gasteiger charge is -2.14. The number of thioether (sulfide) groups is 1. The van der Waals surface area contributed by atoms with Crippen molar-refractivity contribution < 1.29 is 13.9 Å². The first-order chi connectivity index (χ1) is 15.9. The van der Waals surface area contributed by atoms with E-state index in [1.807, 2.05) is 42.7 Å². The predicted molar refractivity (Wildman–Crippen MR) is 136 cm³/mol. The maximum Gasteiger partial charge on any atom is 0.252 e. The molecule has 0 bridgehead atoms. The van der Waals surface area contributed by atoms with Crippen molar-refractivity contribution in [1.29, 1.82) is 0 Å². The number of rotatable bonds is 7. The van der Waals surface area contributed by atoms with Gasteiger partial charge in [-0.2, -0.15) is 0 Å². The second kappa shape index (κ2) is 11.5. The first kappa shape index (κ1) is 24.3. The monoisotopic (exact) mass is 462 g/mol. The maximum atomic E-state index is 14.9. The van der Waals surface area contributed by atoms with Gasteiger partial charge in [0.15, 0.2) is 11.6 Å². The topological polar surface area (TPSA) is 50.7 Å². The molecule has 0 spiro atoms. The zero-order chi connectivity index (χ0) is 23.8. The quantitative estimate of drug-likeness (QED) is 0.339. The third-order valence-electron chi connectivity index (χ3n) is 5.27. The summed E-state index contributed by atoms with van der Waals surface area (Å²) < 4.78 is 20.5. The van der Waals surface area contributed by atoms with Gasteiger partial charge in [0, 0.05) is 27.9 Å². The molecule has 0 saturated carbocycles. The second-order valence-electron chi connectivity index (χ2n) is 7.53. The van der Waals surface area contributed by atoms with Gasteiger partial charge in [-0.25, -0.2) is 4.39 Å². The Kier molecular flexibility index (Phi) is 8.44. The Bertz CT molecular complexity index is 1160. The largest absolute Gasteiger partial charge is 0.454 e. The molecule has 0 aliphatic carbocycles. The minimum Gasteiger partial charge on any atom is -0.454 e. The Labute approximate surface area is 198 Å². The van der Waals surface area contributed by atoms with Crippen LogP contribution in [0.15, 0.2) is 92.8 Å². The van der Waals surface area contributed by atoms with Gasteiger partial charge in [-0.3, -0.25) is 9.79 Å². The Hall–Kier alpha value is -3.38. The summed E-state index contributed by atoms with van der Waals surface area (Å²) in [6, 6.07) is 12.2. The molecular weight excluding hydrogens is 435 g/mol. The van der Waals surface area contributed by atoms with Crippen LogP contribution in [-0.2, 0) is 4.79 Å². The van der Waals surface area contributed by atoms with E-state index in [9.17, 15) is 9.18 Å². The van der Waals surface area contributed by atoms with Gasteiger partial charge in [0.05, 0.1) is 0 Å². The number of anilines is 1. The van der Waals surface area contributed by atoms with Gasteiger partial charge >= 0.3 is 0 Å². The van der Waals surface area contributed by atoms with E-state index in [0.717, 1.165) is 16.9 Å². The highest BCUT2D eigenvalue weighted by molar-refractivity contribution is 8.06. The van der Waals surface area contributed by atoms with Crippen LogP contribution in [-0.4, -0.2) is 12.6 Å². The molecule has 1 aliphatic heterocycles. The van der Waals surface area contributed by atoms with Crippen molar-refractivity contribution in [2.45, 2.75) is 33.6 Å². The van der Waals surface area contributed by atoms with Crippen LogP contribution in [0.5, 0.6) is 11.5 Å². The molecule has 0 saturated heterocycles. The highest BCUT2D eigenvalue weighted by atomic mass is 32.2. The normalized spacial score (nSPS) is 14.7. The van der Waals surface area contributed by atoms with Gasteiger partial charge in [-0.1, -0.05) is 41.6 Å². The lowest BCUT2D eigenvalue weighted by atomic mass is 10.0. The molecule has 170 valence electrons. The number of allylic oxidation sites excluding steroid dienone is 4. The number of carbonyl (C=O) groups is 1. The number of nitrogens with one attached hydrogen (secondary N) is 1. The molecule has 3 rings (SSSR count). The van der Waals surface area contributed by atoms with Crippen LogP contribution in [0.4, 0.5) is 10.1 Å². The number of para-hydroxylation sites is 1. The Morgan fingerprint density at radius 3 is 2.64 bits per heavy atom. The molecule has 0 fully saturated rings. The molecule has 33 heavy (non-hydrogen) atoms. The zero-order valence-corrected chi connectivity index (χ0v) is 19.8. The van der Waals surface area contributed by atoms with Crippen LogP contribution in [0.1, 0.15) is 32.3 Å². The van der Waals surface area contributed by atoms with Crippen molar-refractivity contribution in [2.75, 3.05) is 5.32 Å². The second-order valence-corrected chi connectivity index (χ2v) is 8.41. The molecule has 1 amide bonds. The lowest BCUT2D eigenvalue weighted by molar-refractivity contribution is -0.113. The van der Waals surface area contributed by atoms with Crippen molar-refractivity contribution >= 4 is 30.1 Å². The lowest BCUT2D eigenvalue weighted by Crippen LogP contribution is -2.15. The molecular formula is C27H27FN2O2S. The molecule has 2 aromatic rings. The van der Waals surface area contributed by atoms with E-state index in [4.69, 9.17) is 4.74 Å².